The van der Waals surface area contributed by atoms with E-state index in [4.69, 9.17) is 9.47 Å². The van der Waals surface area contributed by atoms with Crippen molar-refractivity contribution in [3.05, 3.63) is 41.7 Å². The highest BCUT2D eigenvalue weighted by molar-refractivity contribution is 5.92. The summed E-state index contributed by atoms with van der Waals surface area (Å²) in [6.07, 6.45) is 3.08. The average Bonchev–Trinajstić information content (AvgIpc) is 2.79. The van der Waals surface area contributed by atoms with Gasteiger partial charge in [0.05, 0.1) is 14.2 Å². The van der Waals surface area contributed by atoms with Gasteiger partial charge >= 0.3 is 0 Å². The molecule has 3 rings (SSSR count). The van der Waals surface area contributed by atoms with E-state index in [2.05, 4.69) is 15.3 Å². The summed E-state index contributed by atoms with van der Waals surface area (Å²) in [6.45, 7) is 2.99. The molecule has 1 aromatic carbocycles. The molecular weight excluding hydrogens is 374 g/mol. The first-order chi connectivity index (χ1) is 14.1. The molecule has 154 valence electrons. The maximum absolute atomic E-state index is 12.5. The Morgan fingerprint density at radius 3 is 2.59 bits per heavy atom. The summed E-state index contributed by atoms with van der Waals surface area (Å²) in [5, 5.41) is 2.89. The number of aromatic nitrogens is 2. The van der Waals surface area contributed by atoms with Gasteiger partial charge in [-0.2, -0.15) is 0 Å². The Bertz CT molecular complexity index is 853. The fourth-order valence-corrected chi connectivity index (χ4v) is 3.10. The van der Waals surface area contributed by atoms with Gasteiger partial charge in [0.2, 0.25) is 12.4 Å². The van der Waals surface area contributed by atoms with Crippen LogP contribution in [0.2, 0.25) is 0 Å². The monoisotopic (exact) mass is 399 g/mol. The van der Waals surface area contributed by atoms with Crippen molar-refractivity contribution in [3.63, 3.8) is 0 Å². The zero-order valence-electron chi connectivity index (χ0n) is 16.6. The summed E-state index contributed by atoms with van der Waals surface area (Å²) < 4.78 is 10.5. The third-order valence-corrected chi connectivity index (χ3v) is 4.77. The van der Waals surface area contributed by atoms with Crippen molar-refractivity contribution < 1.29 is 19.1 Å². The van der Waals surface area contributed by atoms with E-state index in [1.165, 1.54) is 0 Å². The van der Waals surface area contributed by atoms with Crippen LogP contribution in [-0.4, -0.2) is 74.1 Å². The number of carbonyl (C=O) groups excluding carboxylic acids is 2. The summed E-state index contributed by atoms with van der Waals surface area (Å²) in [4.78, 5) is 35.6. The number of benzene rings is 1. The second kappa shape index (κ2) is 9.72. The number of hydrogen-bond donors (Lipinski definition) is 1. The molecule has 9 heteroatoms. The zero-order chi connectivity index (χ0) is 20.6. The van der Waals surface area contributed by atoms with Crippen LogP contribution in [0, 0.1) is 0 Å². The molecule has 1 fully saturated rings. The van der Waals surface area contributed by atoms with Gasteiger partial charge in [0.25, 0.3) is 5.91 Å². The molecule has 2 heterocycles. The molecule has 1 aliphatic rings. The lowest BCUT2D eigenvalue weighted by atomic mass is 10.1. The minimum atomic E-state index is -0.249. The van der Waals surface area contributed by atoms with E-state index in [9.17, 15) is 9.59 Å². The number of nitrogens with zero attached hydrogens (tertiary/aromatic N) is 4. The van der Waals surface area contributed by atoms with E-state index in [1.54, 1.807) is 31.4 Å². The highest BCUT2D eigenvalue weighted by atomic mass is 16.5. The van der Waals surface area contributed by atoms with Crippen molar-refractivity contribution in [2.45, 2.75) is 6.42 Å². The topological polar surface area (TPSA) is 96.9 Å². The minimum absolute atomic E-state index is 0.249. The SMILES string of the molecule is COc1ccc(CCNC(=O)c2ccnc(N3CCN(C=O)CC3)n2)cc1OC. The van der Waals surface area contributed by atoms with Crippen LogP contribution in [0.1, 0.15) is 16.1 Å². The standard InChI is InChI=1S/C20H25N5O4/c1-28-17-4-3-15(13-18(17)29-2)5-7-21-19(27)16-6-8-22-20(23-16)25-11-9-24(14-26)10-12-25/h3-4,6,8,13-14H,5,7,9-12H2,1-2H3,(H,21,27). The molecule has 1 aliphatic heterocycles. The van der Waals surface area contributed by atoms with Crippen molar-refractivity contribution >= 4 is 18.3 Å². The summed E-state index contributed by atoms with van der Waals surface area (Å²) >= 11 is 0. The normalized spacial score (nSPS) is 13.7. The molecule has 9 nitrogen and oxygen atoms in total. The maximum atomic E-state index is 12.5. The van der Waals surface area contributed by atoms with Gasteiger partial charge in [-0.25, -0.2) is 9.97 Å². The highest BCUT2D eigenvalue weighted by Crippen LogP contribution is 2.27. The second-order valence-corrected chi connectivity index (χ2v) is 6.57. The van der Waals surface area contributed by atoms with E-state index in [0.717, 1.165) is 12.0 Å². The highest BCUT2D eigenvalue weighted by Gasteiger charge is 2.19. The Morgan fingerprint density at radius 2 is 1.90 bits per heavy atom. The van der Waals surface area contributed by atoms with Gasteiger partial charge in [0.1, 0.15) is 5.69 Å². The molecule has 2 amide bonds. The Balaban J connectivity index is 1.55. The quantitative estimate of drug-likeness (QED) is 0.654. The molecule has 1 aromatic heterocycles. The predicted octanol–water partition coefficient (Wildman–Crippen LogP) is 0.745. The van der Waals surface area contributed by atoms with Crippen LogP contribution < -0.4 is 19.7 Å². The molecule has 2 aromatic rings. The van der Waals surface area contributed by atoms with E-state index >= 15 is 0 Å². The van der Waals surface area contributed by atoms with E-state index in [1.807, 2.05) is 23.1 Å². The summed E-state index contributed by atoms with van der Waals surface area (Å²) in [7, 11) is 3.19. The molecule has 0 radical (unpaired) electrons. The molecule has 29 heavy (non-hydrogen) atoms. The lowest BCUT2D eigenvalue weighted by Gasteiger charge is -2.32. The zero-order valence-corrected chi connectivity index (χ0v) is 16.6. The van der Waals surface area contributed by atoms with E-state index < -0.39 is 0 Å². The van der Waals surface area contributed by atoms with Gasteiger partial charge in [-0.3, -0.25) is 9.59 Å². The number of nitrogens with one attached hydrogen (secondary N) is 1. The van der Waals surface area contributed by atoms with Crippen LogP contribution in [0.5, 0.6) is 11.5 Å². The largest absolute Gasteiger partial charge is 0.493 e. The van der Waals surface area contributed by atoms with Crippen LogP contribution >= 0.6 is 0 Å². The van der Waals surface area contributed by atoms with Gasteiger partial charge < -0.3 is 24.6 Å². The number of carbonyl (C=O) groups is 2. The van der Waals surface area contributed by atoms with Crippen molar-refractivity contribution in [3.8, 4) is 11.5 Å². The summed E-state index contributed by atoms with van der Waals surface area (Å²) in [6, 6.07) is 7.27. The number of hydrogen-bond acceptors (Lipinski definition) is 7. The lowest BCUT2D eigenvalue weighted by Crippen LogP contribution is -2.46. The number of anilines is 1. The summed E-state index contributed by atoms with van der Waals surface area (Å²) in [5.74, 6) is 1.58. The van der Waals surface area contributed by atoms with E-state index in [-0.39, 0.29) is 5.91 Å². The first-order valence-corrected chi connectivity index (χ1v) is 9.41. The summed E-state index contributed by atoms with van der Waals surface area (Å²) in [5.41, 5.74) is 1.35. The first kappa shape index (κ1) is 20.4. The maximum Gasteiger partial charge on any atom is 0.270 e. The molecule has 0 atom stereocenters. The fraction of sp³-hybridized carbons (Fsp3) is 0.400. The number of ether oxygens (including phenoxy) is 2. The van der Waals surface area contributed by atoms with Crippen molar-refractivity contribution in [1.82, 2.24) is 20.2 Å². The third-order valence-electron chi connectivity index (χ3n) is 4.77. The molecule has 0 aliphatic carbocycles. The van der Waals surface area contributed by atoms with Gasteiger partial charge in [-0.1, -0.05) is 6.07 Å². The Kier molecular flexibility index (Phi) is 6.83. The number of piperazine rings is 1. The number of amides is 2. The Hall–Kier alpha value is -3.36. The number of methoxy groups -OCH3 is 2. The van der Waals surface area contributed by atoms with Gasteiger partial charge in [-0.15, -0.1) is 0 Å². The van der Waals surface area contributed by atoms with Crippen LogP contribution in [0.15, 0.2) is 30.5 Å². The average molecular weight is 399 g/mol. The molecule has 0 unspecified atom stereocenters. The first-order valence-electron chi connectivity index (χ1n) is 9.41. The van der Waals surface area contributed by atoms with Crippen molar-refractivity contribution in [1.29, 1.82) is 0 Å². The Morgan fingerprint density at radius 1 is 1.14 bits per heavy atom. The second-order valence-electron chi connectivity index (χ2n) is 6.57. The van der Waals surface area contributed by atoms with Crippen molar-refractivity contribution in [2.75, 3.05) is 51.8 Å². The van der Waals surface area contributed by atoms with Gasteiger partial charge in [0.15, 0.2) is 11.5 Å². The molecule has 1 saturated heterocycles. The molecule has 1 N–H and O–H groups in total. The minimum Gasteiger partial charge on any atom is -0.493 e. The van der Waals surface area contributed by atoms with Gasteiger partial charge in [0, 0.05) is 38.9 Å². The van der Waals surface area contributed by atoms with E-state index in [0.29, 0.717) is 62.3 Å². The third kappa shape index (κ3) is 5.13. The van der Waals surface area contributed by atoms with Crippen LogP contribution in [0.25, 0.3) is 0 Å². The van der Waals surface area contributed by atoms with Crippen LogP contribution in [0.4, 0.5) is 5.95 Å². The van der Waals surface area contributed by atoms with Crippen LogP contribution in [-0.2, 0) is 11.2 Å². The molecule has 0 spiro atoms. The van der Waals surface area contributed by atoms with Crippen LogP contribution in [0.3, 0.4) is 0 Å². The predicted molar refractivity (Wildman–Crippen MR) is 107 cm³/mol. The van der Waals surface area contributed by atoms with Gasteiger partial charge in [-0.05, 0) is 30.2 Å². The van der Waals surface area contributed by atoms with Crippen molar-refractivity contribution in [2.24, 2.45) is 0 Å². The molecule has 0 saturated carbocycles. The lowest BCUT2D eigenvalue weighted by molar-refractivity contribution is -0.118. The smallest absolute Gasteiger partial charge is 0.270 e. The molecular formula is C20H25N5O4. The fourth-order valence-electron chi connectivity index (χ4n) is 3.10. The molecule has 0 bridgehead atoms. The Labute approximate surface area is 169 Å². The number of rotatable bonds is 8.